The highest BCUT2D eigenvalue weighted by atomic mass is 32.2. The molecule has 0 bridgehead atoms. The molecular formula is C43H95BN11O10PS. The molecule has 0 aromatic carbocycles. The number of carboxylic acids is 2. The van der Waals surface area contributed by atoms with Crippen LogP contribution in [0.3, 0.4) is 0 Å². The van der Waals surface area contributed by atoms with Crippen LogP contribution in [0.1, 0.15) is 179 Å². The monoisotopic (exact) mass is 1000 g/mol. The molecule has 0 fully saturated rings. The third kappa shape index (κ3) is 38.8. The summed E-state index contributed by atoms with van der Waals surface area (Å²) in [7, 11) is -5.69. The molecule has 1 unspecified atom stereocenters. The Morgan fingerprint density at radius 2 is 1.15 bits per heavy atom. The Morgan fingerprint density at radius 3 is 1.34 bits per heavy atom. The number of carboxylic acid groups (broad SMARTS) is 2. The summed E-state index contributed by atoms with van der Waals surface area (Å²) in [6.45, 7) is 42.5. The lowest BCUT2D eigenvalue weighted by atomic mass is 9.50. The fourth-order valence-electron chi connectivity index (χ4n) is 2.25. The number of ketones is 1. The van der Waals surface area contributed by atoms with Crippen LogP contribution in [0.5, 0.6) is 0 Å². The number of tetrazole rings is 2. The third-order valence-electron chi connectivity index (χ3n) is 8.54. The number of amidine groups is 1. The third-order valence-corrected chi connectivity index (χ3v) is 13.3. The highest BCUT2D eigenvalue weighted by Crippen LogP contribution is 2.49. The van der Waals surface area contributed by atoms with Gasteiger partial charge in [-0.3, -0.25) is 18.9 Å². The molecule has 67 heavy (non-hydrogen) atoms. The van der Waals surface area contributed by atoms with E-state index in [0.29, 0.717) is 24.2 Å². The van der Waals surface area contributed by atoms with E-state index in [4.69, 9.17) is 20.1 Å². The van der Waals surface area contributed by atoms with Gasteiger partial charge in [0, 0.05) is 40.2 Å². The first-order valence-corrected chi connectivity index (χ1v) is 24.6. The van der Waals surface area contributed by atoms with E-state index in [-0.39, 0.29) is 69.6 Å². The number of rotatable bonds is 5. The van der Waals surface area contributed by atoms with Crippen molar-refractivity contribution in [1.82, 2.24) is 40.4 Å². The van der Waals surface area contributed by atoms with Crippen molar-refractivity contribution in [2.75, 3.05) is 19.6 Å². The number of azo groups is 1. The quantitative estimate of drug-likeness (QED) is 0.160. The van der Waals surface area contributed by atoms with E-state index in [1.807, 2.05) is 83.1 Å². The molecule has 0 radical (unpaired) electrons. The van der Waals surface area contributed by atoms with Gasteiger partial charge in [-0.15, -0.1) is 20.4 Å². The van der Waals surface area contributed by atoms with Crippen LogP contribution in [-0.2, 0) is 52.7 Å². The number of aliphatic carboxylic acids is 2. The van der Waals surface area contributed by atoms with E-state index in [1.165, 1.54) is 17.6 Å². The zero-order chi connectivity index (χ0) is 52.3. The first kappa shape index (κ1) is 77.4. The van der Waals surface area contributed by atoms with Crippen molar-refractivity contribution in [2.24, 2.45) is 26.6 Å². The Bertz CT molecular complexity index is 1940. The highest BCUT2D eigenvalue weighted by Gasteiger charge is 2.28. The van der Waals surface area contributed by atoms with Crippen LogP contribution >= 0.6 is 7.37 Å². The van der Waals surface area contributed by atoms with Gasteiger partial charge in [-0.2, -0.15) is 9.91 Å². The number of carbonyl (C=O) groups excluding carboxylic acids is 1. The predicted molar refractivity (Wildman–Crippen MR) is 274 cm³/mol. The molecule has 0 aliphatic carbocycles. The van der Waals surface area contributed by atoms with E-state index in [2.05, 4.69) is 60.0 Å². The summed E-state index contributed by atoms with van der Waals surface area (Å²) in [6.07, 6.45) is 1.24. The summed E-state index contributed by atoms with van der Waals surface area (Å²) in [5, 5.41) is 55.1. The van der Waals surface area contributed by atoms with Crippen molar-refractivity contribution in [1.29, 1.82) is 0 Å². The Hall–Kier alpha value is -3.82. The van der Waals surface area contributed by atoms with E-state index >= 15 is 0 Å². The predicted octanol–water partition coefficient (Wildman–Crippen LogP) is 9.02. The number of aliphatic imine (C=N–C) groups is 1. The molecule has 1 aliphatic rings. The molecule has 2 aromatic heterocycles. The Morgan fingerprint density at radius 1 is 0.776 bits per heavy atom. The van der Waals surface area contributed by atoms with Crippen LogP contribution < -0.4 is 0 Å². The summed E-state index contributed by atoms with van der Waals surface area (Å²) in [5.41, 5.74) is -0.574. The Kier molecular flexibility index (Phi) is 36.2. The van der Waals surface area contributed by atoms with Crippen molar-refractivity contribution in [3.8, 4) is 0 Å². The first-order chi connectivity index (χ1) is 28.0. The first-order valence-electron chi connectivity index (χ1n) is 20.6. The molecule has 24 heteroatoms. The van der Waals surface area contributed by atoms with Gasteiger partial charge in [-0.1, -0.05) is 147 Å². The Balaban J connectivity index is -0.000000127. The van der Waals surface area contributed by atoms with Crippen molar-refractivity contribution < 1.29 is 47.5 Å². The minimum absolute atomic E-state index is 0. The smallest absolute Gasteiger partial charge is 0.327 e. The molecule has 1 atom stereocenters. The average molecular weight is 1000 g/mol. The molecule has 4 N–H and O–H groups in total. The zero-order valence-electron chi connectivity index (χ0n) is 43.3. The van der Waals surface area contributed by atoms with Gasteiger partial charge in [-0.05, 0) is 48.6 Å². The highest BCUT2D eigenvalue weighted by molar-refractivity contribution is 7.92. The van der Waals surface area contributed by atoms with Gasteiger partial charge in [-0.25, -0.2) is 18.1 Å². The van der Waals surface area contributed by atoms with E-state index in [0.717, 1.165) is 10.6 Å². The van der Waals surface area contributed by atoms with Crippen molar-refractivity contribution in [3.63, 3.8) is 0 Å². The molecule has 3 heterocycles. The largest absolute Gasteiger partial charge is 0.480 e. The summed E-state index contributed by atoms with van der Waals surface area (Å²) in [5.74, 6) is 0.762. The molecule has 0 spiro atoms. The topological polar surface area (TPSA) is 308 Å². The lowest BCUT2D eigenvalue weighted by molar-refractivity contribution is -0.139. The van der Waals surface area contributed by atoms with Crippen LogP contribution in [0.2, 0.25) is 12.1 Å². The maximum Gasteiger partial charge on any atom is 0.327 e. The van der Waals surface area contributed by atoms with Crippen LogP contribution in [0, 0.1) is 11.3 Å². The second-order valence-electron chi connectivity index (χ2n) is 21.4. The zero-order valence-corrected chi connectivity index (χ0v) is 45.0. The van der Waals surface area contributed by atoms with Gasteiger partial charge in [0.15, 0.2) is 34.7 Å². The maximum atomic E-state index is 10.8. The summed E-state index contributed by atoms with van der Waals surface area (Å²) < 4.78 is 32.8. The second kappa shape index (κ2) is 31.3. The molecule has 0 saturated heterocycles. The van der Waals surface area contributed by atoms with Gasteiger partial charge >= 0.3 is 11.9 Å². The lowest BCUT2D eigenvalue weighted by Crippen LogP contribution is -2.26. The summed E-state index contributed by atoms with van der Waals surface area (Å²) in [4.78, 5) is 45.2. The normalized spacial score (nSPS) is 13.1. The molecule has 0 saturated carbocycles. The number of hydrogen-bond acceptors (Lipinski definition) is 16. The van der Waals surface area contributed by atoms with Gasteiger partial charge in [0.2, 0.25) is 7.37 Å². The number of hydrogen-bond donors (Lipinski definition) is 4. The average Bonchev–Trinajstić information content (AvgIpc) is 3.82. The number of carbonyl (C=O) groups is 3. The number of sulfone groups is 1. The van der Waals surface area contributed by atoms with Gasteiger partial charge in [0.1, 0.15) is 18.2 Å². The van der Waals surface area contributed by atoms with Crippen molar-refractivity contribution in [3.05, 3.63) is 11.6 Å². The minimum Gasteiger partial charge on any atom is -0.480 e. The molecule has 396 valence electrons. The van der Waals surface area contributed by atoms with Crippen LogP contribution in [0.4, 0.5) is 0 Å². The van der Waals surface area contributed by atoms with Crippen molar-refractivity contribution in [2.45, 2.75) is 214 Å². The standard InChI is InChI=1S/2C7H12N4O2.C6H12O.C5H13BO.C5H9N3.C5H13O2P.C5H12O2S.3CH4/c1-7(2,3)6-8-9-10-11(6)4-5(12)13;1-7(2,3)6-8-10-11(9-6)4-5(12)13;1-5(7)6(2,3)4;1-5(2,3)6(4)7;1-4(2)5-6-3-7-8-5;2*1-5(2,3)8(4,6)7;;;/h2*4H2,1-3H3,(H,12,13);1-4H3;7H,1-4H3;4H,3H2,1-2H3;1-4H3,(H,6,7);1-4H3;3*1H4. The lowest BCUT2D eigenvalue weighted by Gasteiger charge is -2.21. The van der Waals surface area contributed by atoms with Gasteiger partial charge in [0.05, 0.1) is 4.75 Å². The number of aromatic nitrogens is 8. The van der Waals surface area contributed by atoms with Crippen LogP contribution in [-0.4, -0.2) is 129 Å². The molecule has 0 amide bonds. The van der Waals surface area contributed by atoms with E-state index < -0.39 is 39.0 Å². The van der Waals surface area contributed by atoms with Gasteiger partial charge in [0.25, 0.3) is 6.92 Å². The van der Waals surface area contributed by atoms with Crippen LogP contribution in [0.25, 0.3) is 0 Å². The maximum absolute atomic E-state index is 10.8. The fourth-order valence-corrected chi connectivity index (χ4v) is 2.25. The summed E-state index contributed by atoms with van der Waals surface area (Å²) >= 11 is 0. The SMILES string of the molecule is C.C.C.CB(O)C(C)(C)C.CC(=O)C(C)(C)C.CC(C)(C)P(C)(=O)O.CC(C)(C)S(C)(=O)=O.CC(C)(C)c1nnn(CC(=O)O)n1.CC(C)(C)c1nnnn1CC(=O)O.CC(C)C1=NCN=N1. The number of nitrogens with zero attached hydrogens (tertiary/aromatic N) is 11. The Labute approximate surface area is 405 Å². The number of Topliss-reactive ketones (excluding diaryl/α,β-unsaturated/α-hetero) is 1. The fraction of sp³-hybridized carbons (Fsp3) is 0.860. The molecule has 21 nitrogen and oxygen atoms in total. The van der Waals surface area contributed by atoms with Gasteiger partial charge < -0.3 is 20.1 Å². The molecular weight excluding hydrogens is 904 g/mol. The van der Waals surface area contributed by atoms with E-state index in [1.54, 1.807) is 55.3 Å². The summed E-state index contributed by atoms with van der Waals surface area (Å²) in [6, 6.07) is 0. The van der Waals surface area contributed by atoms with Crippen molar-refractivity contribution >= 4 is 47.7 Å². The molecule has 1 aliphatic heterocycles. The van der Waals surface area contributed by atoms with Crippen LogP contribution in [0.15, 0.2) is 15.2 Å². The molecule has 2 aromatic rings. The molecule has 3 rings (SSSR count). The second-order valence-corrected chi connectivity index (χ2v) is 27.3. The van der Waals surface area contributed by atoms with E-state index in [9.17, 15) is 27.4 Å². The minimum atomic E-state index is -2.85.